The average molecular weight is 333 g/mol. The van der Waals surface area contributed by atoms with Gasteiger partial charge in [-0.2, -0.15) is 0 Å². The topological polar surface area (TPSA) is 80.3 Å². The molecule has 0 spiro atoms. The van der Waals surface area contributed by atoms with Crippen molar-refractivity contribution in [3.8, 4) is 10.6 Å². The summed E-state index contributed by atoms with van der Waals surface area (Å²) in [5.41, 5.74) is 2.45. The summed E-state index contributed by atoms with van der Waals surface area (Å²) in [6.45, 7) is 2.79. The minimum Gasteiger partial charge on any atom is -0.383 e. The Bertz CT molecular complexity index is 667. The van der Waals surface area contributed by atoms with Crippen LogP contribution in [0.2, 0.25) is 0 Å². The van der Waals surface area contributed by atoms with Gasteiger partial charge in [-0.3, -0.25) is 9.59 Å². The highest BCUT2D eigenvalue weighted by Gasteiger charge is 2.12. The number of carbonyl (C=O) groups is 2. The molecule has 0 aliphatic heterocycles. The Labute approximate surface area is 138 Å². The van der Waals surface area contributed by atoms with E-state index in [9.17, 15) is 9.59 Å². The van der Waals surface area contributed by atoms with E-state index in [0.29, 0.717) is 18.8 Å². The molecule has 0 aliphatic carbocycles. The Hall–Kier alpha value is -2.25. The van der Waals surface area contributed by atoms with E-state index in [2.05, 4.69) is 15.6 Å². The van der Waals surface area contributed by atoms with Gasteiger partial charge < -0.3 is 15.4 Å². The molecule has 0 unspecified atom stereocenters. The van der Waals surface area contributed by atoms with Gasteiger partial charge in [0.05, 0.1) is 13.2 Å². The fraction of sp³-hybridized carbons (Fsp3) is 0.312. The Morgan fingerprint density at radius 2 is 1.96 bits per heavy atom. The molecule has 2 N–H and O–H groups in total. The number of benzene rings is 1. The summed E-state index contributed by atoms with van der Waals surface area (Å²) >= 11 is 1.40. The highest BCUT2D eigenvalue weighted by Crippen LogP contribution is 2.23. The van der Waals surface area contributed by atoms with E-state index in [0.717, 1.165) is 10.6 Å². The highest BCUT2D eigenvalue weighted by molar-refractivity contribution is 7.13. The van der Waals surface area contributed by atoms with Crippen molar-refractivity contribution < 1.29 is 14.3 Å². The fourth-order valence-corrected chi connectivity index (χ4v) is 2.62. The lowest BCUT2D eigenvalue weighted by Gasteiger charge is -2.05. The predicted molar refractivity (Wildman–Crippen MR) is 89.5 cm³/mol. The van der Waals surface area contributed by atoms with Crippen molar-refractivity contribution in [2.45, 2.75) is 6.92 Å². The van der Waals surface area contributed by atoms with Crippen molar-refractivity contribution in [2.75, 3.05) is 26.8 Å². The molecule has 2 aromatic rings. The van der Waals surface area contributed by atoms with E-state index in [1.54, 1.807) is 12.5 Å². The zero-order chi connectivity index (χ0) is 16.7. The molecule has 1 aromatic carbocycles. The number of rotatable bonds is 7. The van der Waals surface area contributed by atoms with Crippen LogP contribution in [-0.4, -0.2) is 43.6 Å². The maximum atomic E-state index is 12.0. The van der Waals surface area contributed by atoms with E-state index in [-0.39, 0.29) is 18.4 Å². The number of hydrogen-bond acceptors (Lipinski definition) is 5. The zero-order valence-electron chi connectivity index (χ0n) is 13.1. The van der Waals surface area contributed by atoms with Crippen molar-refractivity contribution in [3.05, 3.63) is 40.9 Å². The Kier molecular flexibility index (Phi) is 6.25. The third-order valence-electron chi connectivity index (χ3n) is 3.07. The lowest BCUT2D eigenvalue weighted by molar-refractivity contribution is -0.120. The quantitative estimate of drug-likeness (QED) is 0.755. The summed E-state index contributed by atoms with van der Waals surface area (Å²) in [5, 5.41) is 7.65. The molecule has 0 atom stereocenters. The summed E-state index contributed by atoms with van der Waals surface area (Å²) in [5.74, 6) is -0.620. The van der Waals surface area contributed by atoms with Gasteiger partial charge >= 0.3 is 0 Å². The lowest BCUT2D eigenvalue weighted by Crippen LogP contribution is -2.38. The van der Waals surface area contributed by atoms with Gasteiger partial charge in [-0.05, 0) is 6.92 Å². The van der Waals surface area contributed by atoms with Crippen molar-refractivity contribution in [1.29, 1.82) is 0 Å². The van der Waals surface area contributed by atoms with Gasteiger partial charge in [-0.15, -0.1) is 11.3 Å². The van der Waals surface area contributed by atoms with Crippen LogP contribution in [0.15, 0.2) is 29.6 Å². The van der Waals surface area contributed by atoms with Crippen molar-refractivity contribution in [2.24, 2.45) is 0 Å². The summed E-state index contributed by atoms with van der Waals surface area (Å²) in [4.78, 5) is 27.8. The molecule has 1 heterocycles. The second-order valence-electron chi connectivity index (χ2n) is 4.93. The summed E-state index contributed by atoms with van der Waals surface area (Å²) in [6, 6.07) is 7.94. The summed E-state index contributed by atoms with van der Waals surface area (Å²) < 4.78 is 4.83. The first-order chi connectivity index (χ1) is 11.1. The first-order valence-electron chi connectivity index (χ1n) is 7.16. The minimum absolute atomic E-state index is 0.0834. The molecule has 2 rings (SSSR count). The van der Waals surface area contributed by atoms with Crippen LogP contribution in [0.25, 0.3) is 10.6 Å². The number of aromatic nitrogens is 1. The minimum atomic E-state index is -0.360. The van der Waals surface area contributed by atoms with Crippen LogP contribution in [0.1, 0.15) is 16.1 Å². The third kappa shape index (κ3) is 5.15. The molecule has 2 amide bonds. The maximum absolute atomic E-state index is 12.0. The van der Waals surface area contributed by atoms with Crippen LogP contribution in [0.3, 0.4) is 0 Å². The number of hydrogen-bond donors (Lipinski definition) is 2. The van der Waals surface area contributed by atoms with Crippen LogP contribution >= 0.6 is 11.3 Å². The Morgan fingerprint density at radius 3 is 2.65 bits per heavy atom. The monoisotopic (exact) mass is 333 g/mol. The second kappa shape index (κ2) is 8.40. The smallest absolute Gasteiger partial charge is 0.271 e. The maximum Gasteiger partial charge on any atom is 0.271 e. The molecule has 1 aromatic heterocycles. The molecule has 0 aliphatic rings. The molecule has 122 valence electrons. The van der Waals surface area contributed by atoms with Crippen LogP contribution in [0.5, 0.6) is 0 Å². The number of thiazole rings is 1. The predicted octanol–water partition coefficient (Wildman–Crippen LogP) is 1.61. The highest BCUT2D eigenvalue weighted by atomic mass is 32.1. The van der Waals surface area contributed by atoms with E-state index < -0.39 is 0 Å². The third-order valence-corrected chi connectivity index (χ3v) is 3.96. The number of nitrogens with one attached hydrogen (secondary N) is 2. The van der Waals surface area contributed by atoms with E-state index in [1.807, 2.05) is 31.2 Å². The van der Waals surface area contributed by atoms with Crippen LogP contribution < -0.4 is 10.6 Å². The standard InChI is InChI=1S/C16H19N3O3S/c1-11-3-5-12(6-4-11)16-19-13(10-23-16)15(21)18-9-14(20)17-7-8-22-2/h3-6,10H,7-9H2,1-2H3,(H,17,20)(H,18,21). The Balaban J connectivity index is 1.88. The van der Waals surface area contributed by atoms with Gasteiger partial charge in [0.15, 0.2) is 0 Å². The van der Waals surface area contributed by atoms with E-state index >= 15 is 0 Å². The molecular formula is C16H19N3O3S. The number of ether oxygens (including phenoxy) is 1. The lowest BCUT2D eigenvalue weighted by atomic mass is 10.2. The molecule has 0 radical (unpaired) electrons. The number of nitrogens with zero attached hydrogens (tertiary/aromatic N) is 1. The van der Waals surface area contributed by atoms with Gasteiger partial charge in [0.25, 0.3) is 5.91 Å². The molecule has 6 nitrogen and oxygen atoms in total. The second-order valence-corrected chi connectivity index (χ2v) is 5.79. The fourth-order valence-electron chi connectivity index (χ4n) is 1.81. The summed E-state index contributed by atoms with van der Waals surface area (Å²) in [6.07, 6.45) is 0. The molecule has 0 bridgehead atoms. The molecule has 7 heteroatoms. The van der Waals surface area contributed by atoms with Crippen molar-refractivity contribution in [3.63, 3.8) is 0 Å². The van der Waals surface area contributed by atoms with Gasteiger partial charge in [0, 0.05) is 24.6 Å². The molecule has 0 saturated heterocycles. The number of carbonyl (C=O) groups excluding carboxylic acids is 2. The van der Waals surface area contributed by atoms with E-state index in [1.165, 1.54) is 16.9 Å². The summed E-state index contributed by atoms with van der Waals surface area (Å²) in [7, 11) is 1.56. The van der Waals surface area contributed by atoms with Gasteiger partial charge in [-0.1, -0.05) is 29.8 Å². The van der Waals surface area contributed by atoms with Crippen molar-refractivity contribution >= 4 is 23.2 Å². The normalized spacial score (nSPS) is 10.3. The van der Waals surface area contributed by atoms with Crippen molar-refractivity contribution in [1.82, 2.24) is 15.6 Å². The molecule has 0 saturated carbocycles. The Morgan fingerprint density at radius 1 is 1.22 bits per heavy atom. The van der Waals surface area contributed by atoms with Crippen LogP contribution in [-0.2, 0) is 9.53 Å². The molecule has 23 heavy (non-hydrogen) atoms. The zero-order valence-corrected chi connectivity index (χ0v) is 13.9. The SMILES string of the molecule is COCCNC(=O)CNC(=O)c1csc(-c2ccc(C)cc2)n1. The first-order valence-corrected chi connectivity index (χ1v) is 8.04. The van der Waals surface area contributed by atoms with E-state index in [4.69, 9.17) is 4.74 Å². The number of amides is 2. The first kappa shape index (κ1) is 17.1. The van der Waals surface area contributed by atoms with Gasteiger partial charge in [0.2, 0.25) is 5.91 Å². The largest absolute Gasteiger partial charge is 0.383 e. The number of methoxy groups -OCH3 is 1. The molecule has 0 fully saturated rings. The molecular weight excluding hydrogens is 314 g/mol. The number of aryl methyl sites for hydroxylation is 1. The van der Waals surface area contributed by atoms with Crippen LogP contribution in [0.4, 0.5) is 0 Å². The van der Waals surface area contributed by atoms with Crippen LogP contribution in [0, 0.1) is 6.92 Å². The van der Waals surface area contributed by atoms with Gasteiger partial charge in [0.1, 0.15) is 10.7 Å². The van der Waals surface area contributed by atoms with Gasteiger partial charge in [-0.25, -0.2) is 4.98 Å². The average Bonchev–Trinajstić information content (AvgIpc) is 3.03.